The first kappa shape index (κ1) is 16.8. The molecular weight excluding hydrogens is 348 g/mol. The maximum absolute atomic E-state index is 11.3. The molecule has 3 aromatic rings. The van der Waals surface area contributed by atoms with Gasteiger partial charge in [0.05, 0.1) is 23.0 Å². The number of amides is 1. The van der Waals surface area contributed by atoms with Crippen LogP contribution in [0.1, 0.15) is 35.3 Å². The highest BCUT2D eigenvalue weighted by Crippen LogP contribution is 2.46. The van der Waals surface area contributed by atoms with E-state index in [0.29, 0.717) is 5.56 Å². The Morgan fingerprint density at radius 2 is 2.23 bits per heavy atom. The Labute approximate surface area is 155 Å². The van der Waals surface area contributed by atoms with Crippen LogP contribution in [0, 0.1) is 0 Å². The normalized spacial score (nSPS) is 15.4. The van der Waals surface area contributed by atoms with Crippen LogP contribution in [0.2, 0.25) is 0 Å². The van der Waals surface area contributed by atoms with E-state index in [1.54, 1.807) is 19.2 Å². The summed E-state index contributed by atoms with van der Waals surface area (Å²) < 4.78 is 6.46. The third kappa shape index (κ3) is 2.88. The average molecular weight is 368 g/mol. The molecule has 0 unspecified atom stereocenters. The van der Waals surface area contributed by atoms with E-state index >= 15 is 0 Å². The van der Waals surface area contributed by atoms with Gasteiger partial charge in [-0.3, -0.25) is 9.78 Å². The summed E-state index contributed by atoms with van der Waals surface area (Å²) in [5.74, 6) is 0.412. The van der Waals surface area contributed by atoms with Gasteiger partial charge < -0.3 is 15.8 Å². The summed E-state index contributed by atoms with van der Waals surface area (Å²) in [4.78, 5) is 20.6. The Balaban J connectivity index is 1.57. The summed E-state index contributed by atoms with van der Waals surface area (Å²) >= 11 is 1.53. The van der Waals surface area contributed by atoms with Gasteiger partial charge in [0.1, 0.15) is 5.75 Å². The van der Waals surface area contributed by atoms with Gasteiger partial charge in [0.15, 0.2) is 5.13 Å². The molecule has 1 saturated carbocycles. The fourth-order valence-electron chi connectivity index (χ4n) is 3.45. The molecule has 0 spiro atoms. The molecule has 2 aromatic heterocycles. The number of anilines is 1. The van der Waals surface area contributed by atoms with E-state index in [2.05, 4.69) is 15.3 Å². The number of pyridine rings is 1. The Kier molecular flexibility index (Phi) is 4.24. The van der Waals surface area contributed by atoms with Crippen molar-refractivity contribution in [3.8, 4) is 5.75 Å². The van der Waals surface area contributed by atoms with Crippen molar-refractivity contribution in [3.63, 3.8) is 0 Å². The number of nitrogens with zero attached hydrogens (tertiary/aromatic N) is 2. The lowest BCUT2D eigenvalue weighted by molar-refractivity contribution is 0.100. The van der Waals surface area contributed by atoms with E-state index in [-0.39, 0.29) is 5.41 Å². The zero-order valence-electron chi connectivity index (χ0n) is 14.5. The number of nitrogens with two attached hydrogens (primary N) is 1. The number of fused-ring (bicyclic) bond motifs is 1. The first-order valence-corrected chi connectivity index (χ1v) is 9.37. The second-order valence-corrected chi connectivity index (χ2v) is 7.64. The molecule has 7 heteroatoms. The van der Waals surface area contributed by atoms with Crippen LogP contribution in [0.25, 0.3) is 10.2 Å². The van der Waals surface area contributed by atoms with Crippen molar-refractivity contribution in [1.29, 1.82) is 0 Å². The number of carbonyl (C=O) groups is 1. The highest BCUT2D eigenvalue weighted by molar-refractivity contribution is 7.22. The number of hydrogen-bond donors (Lipinski definition) is 2. The molecule has 0 saturated heterocycles. The molecule has 1 aliphatic rings. The van der Waals surface area contributed by atoms with Crippen LogP contribution in [-0.2, 0) is 5.41 Å². The van der Waals surface area contributed by atoms with Gasteiger partial charge in [-0.2, -0.15) is 0 Å². The number of benzene rings is 1. The van der Waals surface area contributed by atoms with Crippen LogP contribution in [0.4, 0.5) is 5.13 Å². The van der Waals surface area contributed by atoms with Crippen molar-refractivity contribution in [1.82, 2.24) is 9.97 Å². The topological polar surface area (TPSA) is 90.1 Å². The van der Waals surface area contributed by atoms with Gasteiger partial charge >= 0.3 is 0 Å². The van der Waals surface area contributed by atoms with E-state index < -0.39 is 5.91 Å². The standard InChI is InChI=1S/C19H20N4O2S/c1-25-14-4-2-9-21-16(14)19(7-3-8-19)11-22-18-23-13-6-5-12(17(20)24)10-15(13)26-18/h2,4-6,9-10H,3,7-8,11H2,1H3,(H2,20,24)(H,22,23). The highest BCUT2D eigenvalue weighted by atomic mass is 32.1. The van der Waals surface area contributed by atoms with E-state index in [4.69, 9.17) is 10.5 Å². The molecule has 3 N–H and O–H groups in total. The largest absolute Gasteiger partial charge is 0.495 e. The van der Waals surface area contributed by atoms with Gasteiger partial charge in [0.2, 0.25) is 5.91 Å². The number of nitrogens with one attached hydrogen (secondary N) is 1. The molecule has 1 aliphatic carbocycles. The van der Waals surface area contributed by atoms with Gasteiger partial charge in [-0.15, -0.1) is 0 Å². The number of primary amides is 1. The van der Waals surface area contributed by atoms with Crippen LogP contribution in [0.5, 0.6) is 5.75 Å². The monoisotopic (exact) mass is 368 g/mol. The number of hydrogen-bond acceptors (Lipinski definition) is 6. The summed E-state index contributed by atoms with van der Waals surface area (Å²) in [6.07, 6.45) is 5.15. The van der Waals surface area contributed by atoms with Gasteiger partial charge in [-0.25, -0.2) is 4.98 Å². The molecule has 0 aliphatic heterocycles. The predicted molar refractivity (Wildman–Crippen MR) is 103 cm³/mol. The minimum absolute atomic E-state index is 0.0250. The first-order chi connectivity index (χ1) is 12.6. The molecule has 4 rings (SSSR count). The summed E-state index contributed by atoms with van der Waals surface area (Å²) in [6.45, 7) is 0.753. The molecule has 6 nitrogen and oxygen atoms in total. The summed E-state index contributed by atoms with van der Waals surface area (Å²) in [5, 5.41) is 4.31. The fourth-order valence-corrected chi connectivity index (χ4v) is 4.35. The second-order valence-electron chi connectivity index (χ2n) is 6.61. The molecule has 0 atom stereocenters. The molecule has 26 heavy (non-hydrogen) atoms. The Morgan fingerprint density at radius 1 is 1.38 bits per heavy atom. The summed E-state index contributed by atoms with van der Waals surface area (Å²) in [6, 6.07) is 9.19. The van der Waals surface area contributed by atoms with Gasteiger partial charge in [0.25, 0.3) is 0 Å². The maximum atomic E-state index is 11.3. The highest BCUT2D eigenvalue weighted by Gasteiger charge is 2.42. The number of rotatable bonds is 6. The van der Waals surface area contributed by atoms with Crippen molar-refractivity contribution in [3.05, 3.63) is 47.8 Å². The Hall–Kier alpha value is -2.67. The predicted octanol–water partition coefficient (Wildman–Crippen LogP) is 3.33. The first-order valence-electron chi connectivity index (χ1n) is 8.55. The third-order valence-electron chi connectivity index (χ3n) is 5.05. The lowest BCUT2D eigenvalue weighted by Gasteiger charge is -2.42. The van der Waals surface area contributed by atoms with E-state index in [0.717, 1.165) is 46.2 Å². The van der Waals surface area contributed by atoms with Crippen LogP contribution >= 0.6 is 11.3 Å². The minimum atomic E-state index is -0.425. The van der Waals surface area contributed by atoms with E-state index in [1.165, 1.54) is 17.8 Å². The minimum Gasteiger partial charge on any atom is -0.495 e. The Bertz CT molecular complexity index is 965. The number of ether oxygens (including phenoxy) is 1. The van der Waals surface area contributed by atoms with Crippen molar-refractivity contribution in [2.45, 2.75) is 24.7 Å². The van der Waals surface area contributed by atoms with E-state index in [9.17, 15) is 4.79 Å². The van der Waals surface area contributed by atoms with Gasteiger partial charge in [-0.1, -0.05) is 17.8 Å². The molecule has 0 bridgehead atoms. The molecule has 1 aromatic carbocycles. The van der Waals surface area contributed by atoms with Crippen LogP contribution in [-0.4, -0.2) is 29.5 Å². The quantitative estimate of drug-likeness (QED) is 0.696. The molecule has 1 amide bonds. The lowest BCUT2D eigenvalue weighted by atomic mass is 9.66. The summed E-state index contributed by atoms with van der Waals surface area (Å²) in [7, 11) is 1.68. The fraction of sp³-hybridized carbons (Fsp3) is 0.316. The Morgan fingerprint density at radius 3 is 2.92 bits per heavy atom. The van der Waals surface area contributed by atoms with E-state index in [1.807, 2.05) is 24.4 Å². The molecular formula is C19H20N4O2S. The van der Waals surface area contributed by atoms with Crippen LogP contribution < -0.4 is 15.8 Å². The van der Waals surface area contributed by atoms with Crippen molar-refractivity contribution < 1.29 is 9.53 Å². The molecule has 1 fully saturated rings. The van der Waals surface area contributed by atoms with Crippen LogP contribution in [0.15, 0.2) is 36.5 Å². The van der Waals surface area contributed by atoms with Crippen LogP contribution in [0.3, 0.4) is 0 Å². The van der Waals surface area contributed by atoms with Crippen molar-refractivity contribution in [2.75, 3.05) is 19.0 Å². The maximum Gasteiger partial charge on any atom is 0.248 e. The molecule has 0 radical (unpaired) electrons. The second kappa shape index (κ2) is 6.57. The average Bonchev–Trinajstić information content (AvgIpc) is 3.03. The lowest BCUT2D eigenvalue weighted by Crippen LogP contribution is -2.42. The number of methoxy groups -OCH3 is 1. The van der Waals surface area contributed by atoms with Crippen molar-refractivity contribution >= 4 is 32.6 Å². The summed E-state index contributed by atoms with van der Waals surface area (Å²) in [5.41, 5.74) is 7.71. The zero-order valence-corrected chi connectivity index (χ0v) is 15.3. The molecule has 134 valence electrons. The third-order valence-corrected chi connectivity index (χ3v) is 6.03. The zero-order chi connectivity index (χ0) is 18.1. The molecule has 2 heterocycles. The number of aromatic nitrogens is 2. The van der Waals surface area contributed by atoms with Gasteiger partial charge in [0, 0.05) is 23.7 Å². The van der Waals surface area contributed by atoms with Gasteiger partial charge in [-0.05, 0) is 43.2 Å². The number of thiazole rings is 1. The SMILES string of the molecule is COc1cccnc1C1(CNc2nc3ccc(C(N)=O)cc3s2)CCC1. The smallest absolute Gasteiger partial charge is 0.248 e. The number of carbonyl (C=O) groups excluding carboxylic acids is 1. The van der Waals surface area contributed by atoms with Crippen molar-refractivity contribution in [2.24, 2.45) is 5.73 Å².